The van der Waals surface area contributed by atoms with Crippen LogP contribution in [0.2, 0.25) is 0 Å². The third-order valence-corrected chi connectivity index (χ3v) is 1.73. The van der Waals surface area contributed by atoms with Crippen molar-refractivity contribution in [2.45, 2.75) is 6.18 Å². The highest BCUT2D eigenvalue weighted by Crippen LogP contribution is 2.26. The van der Waals surface area contributed by atoms with E-state index >= 15 is 0 Å². The Morgan fingerprint density at radius 1 is 1.33 bits per heavy atom. The van der Waals surface area contributed by atoms with E-state index in [0.717, 1.165) is 4.52 Å². The van der Waals surface area contributed by atoms with Gasteiger partial charge >= 0.3 is 6.18 Å². The molecule has 0 saturated carbocycles. The minimum absolute atomic E-state index is 0.00127. The lowest BCUT2D eigenvalue weighted by atomic mass is 10.4. The molecule has 2 rings (SSSR count). The number of halogens is 3. The molecule has 0 aliphatic rings. The van der Waals surface area contributed by atoms with Gasteiger partial charge in [-0.3, -0.25) is 0 Å². The molecule has 76 valence electrons. The van der Waals surface area contributed by atoms with Gasteiger partial charge in [0.15, 0.2) is 5.65 Å². The monoisotopic (exact) mass is 212 g/mol. The predicted molar refractivity (Wildman–Crippen MR) is 42.7 cm³/mol. The highest BCUT2D eigenvalue weighted by molar-refractivity contribution is 5.42. The lowest BCUT2D eigenvalue weighted by Gasteiger charge is -1.97. The van der Waals surface area contributed by atoms with Gasteiger partial charge in [-0.2, -0.15) is 18.4 Å². The fourth-order valence-corrected chi connectivity index (χ4v) is 1.11. The Morgan fingerprint density at radius 2 is 2.07 bits per heavy atom. The number of fused-ring (bicyclic) bond motifs is 1. The zero-order valence-corrected chi connectivity index (χ0v) is 7.15. The average molecular weight is 212 g/mol. The fraction of sp³-hybridized carbons (Fsp3) is 0.125. The fourth-order valence-electron chi connectivity index (χ4n) is 1.11. The predicted octanol–water partition coefficient (Wildman–Crippen LogP) is 1.62. The smallest absolute Gasteiger partial charge is 0.203 e. The van der Waals surface area contributed by atoms with Crippen LogP contribution >= 0.6 is 0 Å². The first-order chi connectivity index (χ1) is 7.02. The Balaban J connectivity index is 2.72. The first-order valence-corrected chi connectivity index (χ1v) is 3.85. The second-order valence-corrected chi connectivity index (χ2v) is 2.73. The topological polar surface area (TPSA) is 54.0 Å². The molecule has 0 unspecified atom stereocenters. The number of nitrogens with zero attached hydrogens (tertiary/aromatic N) is 4. The van der Waals surface area contributed by atoms with E-state index in [-0.39, 0.29) is 11.3 Å². The largest absolute Gasteiger partial charge is 0.453 e. The molecular weight excluding hydrogens is 209 g/mol. The van der Waals surface area contributed by atoms with Crippen molar-refractivity contribution in [1.82, 2.24) is 14.6 Å². The van der Waals surface area contributed by atoms with Crippen LogP contribution in [-0.2, 0) is 6.18 Å². The van der Waals surface area contributed by atoms with E-state index in [1.54, 1.807) is 6.07 Å². The quantitative estimate of drug-likeness (QED) is 0.666. The zero-order chi connectivity index (χ0) is 11.1. The molecule has 0 aliphatic heterocycles. The van der Waals surface area contributed by atoms with Crippen LogP contribution in [0.3, 0.4) is 0 Å². The highest BCUT2D eigenvalue weighted by Gasteiger charge is 2.36. The van der Waals surface area contributed by atoms with Gasteiger partial charge < -0.3 is 0 Å². The Morgan fingerprint density at radius 3 is 2.67 bits per heavy atom. The second-order valence-electron chi connectivity index (χ2n) is 2.73. The molecule has 7 heteroatoms. The number of aromatic nitrogens is 3. The molecule has 0 saturated heterocycles. The third kappa shape index (κ3) is 1.50. The number of hydrogen-bond donors (Lipinski definition) is 0. The molecule has 0 N–H and O–H groups in total. The summed E-state index contributed by atoms with van der Waals surface area (Å²) in [5.41, 5.74) is 0.0110. The summed E-state index contributed by atoms with van der Waals surface area (Å²) >= 11 is 0. The van der Waals surface area contributed by atoms with Crippen LogP contribution in [0.25, 0.3) is 5.65 Å². The highest BCUT2D eigenvalue weighted by atomic mass is 19.4. The molecule has 2 aromatic heterocycles. The zero-order valence-electron chi connectivity index (χ0n) is 7.15. The van der Waals surface area contributed by atoms with Crippen LogP contribution in [0.5, 0.6) is 0 Å². The minimum atomic E-state index is -4.60. The summed E-state index contributed by atoms with van der Waals surface area (Å²) in [6.45, 7) is 0. The van der Waals surface area contributed by atoms with Crippen molar-refractivity contribution in [2.24, 2.45) is 0 Å². The summed E-state index contributed by atoms with van der Waals surface area (Å²) in [5, 5.41) is 11.8. The van der Waals surface area contributed by atoms with Crippen molar-refractivity contribution in [3.05, 3.63) is 29.7 Å². The lowest BCUT2D eigenvalue weighted by molar-refractivity contribution is -0.144. The van der Waals surface area contributed by atoms with Crippen molar-refractivity contribution in [1.29, 1.82) is 5.26 Å². The molecule has 0 radical (unpaired) electrons. The first kappa shape index (κ1) is 9.45. The molecule has 0 atom stereocenters. The Hall–Kier alpha value is -2.10. The van der Waals surface area contributed by atoms with Gasteiger partial charge in [0.25, 0.3) is 5.82 Å². The molecule has 0 aliphatic carbocycles. The second kappa shape index (κ2) is 2.95. The van der Waals surface area contributed by atoms with Gasteiger partial charge in [0.05, 0.1) is 0 Å². The average Bonchev–Trinajstić information content (AvgIpc) is 2.59. The summed E-state index contributed by atoms with van der Waals surface area (Å²) in [4.78, 5) is 3.27. The van der Waals surface area contributed by atoms with Gasteiger partial charge in [-0.1, -0.05) is 6.07 Å². The summed E-state index contributed by atoms with van der Waals surface area (Å²) in [7, 11) is 0. The summed E-state index contributed by atoms with van der Waals surface area (Å²) in [6.07, 6.45) is -4.60. The van der Waals surface area contributed by atoms with Crippen LogP contribution in [0.15, 0.2) is 18.2 Å². The number of rotatable bonds is 0. The Bertz CT molecular complexity index is 549. The molecule has 2 heterocycles. The maximum atomic E-state index is 12.2. The van der Waals surface area contributed by atoms with Crippen LogP contribution < -0.4 is 0 Å². The van der Waals surface area contributed by atoms with Crippen LogP contribution in [-0.4, -0.2) is 14.6 Å². The number of alkyl halides is 3. The van der Waals surface area contributed by atoms with Crippen LogP contribution in [0.4, 0.5) is 13.2 Å². The molecule has 0 amide bonds. The van der Waals surface area contributed by atoms with Gasteiger partial charge in [0.2, 0.25) is 0 Å². The van der Waals surface area contributed by atoms with Gasteiger partial charge in [0.1, 0.15) is 11.8 Å². The normalized spacial score (nSPS) is 11.6. The minimum Gasteiger partial charge on any atom is -0.203 e. The van der Waals surface area contributed by atoms with Crippen molar-refractivity contribution >= 4 is 5.65 Å². The number of nitriles is 1. The van der Waals surface area contributed by atoms with E-state index in [1.807, 2.05) is 0 Å². The lowest BCUT2D eigenvalue weighted by Crippen LogP contribution is -2.07. The van der Waals surface area contributed by atoms with Crippen LogP contribution in [0, 0.1) is 11.3 Å². The number of hydrogen-bond acceptors (Lipinski definition) is 3. The van der Waals surface area contributed by atoms with Gasteiger partial charge in [-0.25, -0.2) is 9.50 Å². The van der Waals surface area contributed by atoms with Gasteiger partial charge in [0, 0.05) is 0 Å². The van der Waals surface area contributed by atoms with Crippen molar-refractivity contribution in [2.75, 3.05) is 0 Å². The Labute approximate surface area is 81.6 Å². The van der Waals surface area contributed by atoms with E-state index in [4.69, 9.17) is 5.26 Å². The van der Waals surface area contributed by atoms with E-state index in [0.29, 0.717) is 0 Å². The summed E-state index contributed by atoms with van der Waals surface area (Å²) in [6, 6.07) is 5.89. The van der Waals surface area contributed by atoms with Gasteiger partial charge in [-0.15, -0.1) is 5.10 Å². The molecule has 0 spiro atoms. The molecule has 4 nitrogen and oxygen atoms in total. The third-order valence-electron chi connectivity index (χ3n) is 1.73. The maximum absolute atomic E-state index is 12.2. The van der Waals surface area contributed by atoms with Crippen molar-refractivity contribution in [3.8, 4) is 6.07 Å². The van der Waals surface area contributed by atoms with Crippen LogP contribution in [0.1, 0.15) is 11.5 Å². The molecule has 15 heavy (non-hydrogen) atoms. The molecule has 2 aromatic rings. The SMILES string of the molecule is N#Cc1cccc2nc(C(F)(F)F)nn12. The number of pyridine rings is 1. The molecule has 0 bridgehead atoms. The Kier molecular flexibility index (Phi) is 1.86. The van der Waals surface area contributed by atoms with E-state index in [1.165, 1.54) is 18.2 Å². The van der Waals surface area contributed by atoms with Crippen molar-refractivity contribution in [3.63, 3.8) is 0 Å². The standard InChI is InChI=1S/C8H3F3N4/c9-8(10,11)7-13-6-3-1-2-5(4-12)15(6)14-7/h1-3H. The summed E-state index contributed by atoms with van der Waals surface area (Å²) in [5.74, 6) is -1.25. The first-order valence-electron chi connectivity index (χ1n) is 3.85. The molecule has 0 aromatic carbocycles. The molecular formula is C8H3F3N4. The van der Waals surface area contributed by atoms with E-state index in [2.05, 4.69) is 10.1 Å². The van der Waals surface area contributed by atoms with Crippen molar-refractivity contribution < 1.29 is 13.2 Å². The summed E-state index contributed by atoms with van der Waals surface area (Å²) < 4.78 is 37.6. The maximum Gasteiger partial charge on any atom is 0.453 e. The van der Waals surface area contributed by atoms with E-state index < -0.39 is 12.0 Å². The van der Waals surface area contributed by atoms with Gasteiger partial charge in [-0.05, 0) is 12.1 Å². The van der Waals surface area contributed by atoms with E-state index in [9.17, 15) is 13.2 Å². The molecule has 0 fully saturated rings.